The SMILES string of the molecule is CCc1cccc(NC(N)=NCc2cc(C)c(O)c(C)c2)c1.I. The monoisotopic (exact) mass is 425 g/mol. The van der Waals surface area contributed by atoms with Gasteiger partial charge in [0.2, 0.25) is 0 Å². The number of hydrogen-bond acceptors (Lipinski definition) is 2. The third-order valence-corrected chi connectivity index (χ3v) is 3.59. The Labute approximate surface area is 154 Å². The van der Waals surface area contributed by atoms with Gasteiger partial charge in [-0.05, 0) is 54.7 Å². The fourth-order valence-corrected chi connectivity index (χ4v) is 2.37. The number of aryl methyl sites for hydroxylation is 3. The van der Waals surface area contributed by atoms with E-state index in [4.69, 9.17) is 5.73 Å². The molecule has 0 spiro atoms. The van der Waals surface area contributed by atoms with Crippen LogP contribution in [0.3, 0.4) is 0 Å². The van der Waals surface area contributed by atoms with Crippen molar-refractivity contribution < 1.29 is 5.11 Å². The molecule has 0 amide bonds. The molecule has 0 fully saturated rings. The number of rotatable bonds is 4. The summed E-state index contributed by atoms with van der Waals surface area (Å²) in [6.45, 7) is 6.36. The minimum atomic E-state index is 0. The maximum absolute atomic E-state index is 9.78. The van der Waals surface area contributed by atoms with Crippen LogP contribution in [0.4, 0.5) is 5.69 Å². The van der Waals surface area contributed by atoms with E-state index in [1.54, 1.807) is 0 Å². The molecule has 23 heavy (non-hydrogen) atoms. The molecule has 2 aromatic carbocycles. The molecule has 0 aliphatic rings. The average molecular weight is 425 g/mol. The van der Waals surface area contributed by atoms with E-state index in [0.29, 0.717) is 18.3 Å². The Hall–Kier alpha value is -1.76. The van der Waals surface area contributed by atoms with E-state index in [1.165, 1.54) is 5.56 Å². The highest BCUT2D eigenvalue weighted by molar-refractivity contribution is 14.0. The van der Waals surface area contributed by atoms with Gasteiger partial charge in [0.05, 0.1) is 6.54 Å². The van der Waals surface area contributed by atoms with Gasteiger partial charge in [-0.3, -0.25) is 0 Å². The maximum atomic E-state index is 9.78. The highest BCUT2D eigenvalue weighted by Crippen LogP contribution is 2.23. The molecule has 4 N–H and O–H groups in total. The number of nitrogens with one attached hydrogen (secondary N) is 1. The molecule has 0 aliphatic carbocycles. The Balaban J connectivity index is 0.00000264. The number of aromatic hydroxyl groups is 1. The van der Waals surface area contributed by atoms with E-state index in [-0.39, 0.29) is 24.0 Å². The smallest absolute Gasteiger partial charge is 0.193 e. The number of guanidine groups is 1. The van der Waals surface area contributed by atoms with Crippen LogP contribution >= 0.6 is 24.0 Å². The third kappa shape index (κ3) is 5.42. The average Bonchev–Trinajstić information content (AvgIpc) is 2.50. The van der Waals surface area contributed by atoms with Crippen LogP contribution in [0.2, 0.25) is 0 Å². The first-order valence-electron chi connectivity index (χ1n) is 7.44. The van der Waals surface area contributed by atoms with Crippen molar-refractivity contribution in [1.82, 2.24) is 0 Å². The Morgan fingerprint density at radius 2 is 1.78 bits per heavy atom. The first kappa shape index (κ1) is 19.3. The molecule has 0 aliphatic heterocycles. The van der Waals surface area contributed by atoms with Gasteiger partial charge in [-0.25, -0.2) is 4.99 Å². The lowest BCUT2D eigenvalue weighted by Gasteiger charge is -2.08. The van der Waals surface area contributed by atoms with Crippen LogP contribution in [0.15, 0.2) is 41.4 Å². The van der Waals surface area contributed by atoms with Gasteiger partial charge in [-0.1, -0.05) is 31.2 Å². The minimum Gasteiger partial charge on any atom is -0.507 e. The maximum Gasteiger partial charge on any atom is 0.193 e. The zero-order chi connectivity index (χ0) is 16.1. The van der Waals surface area contributed by atoms with Crippen molar-refractivity contribution in [2.24, 2.45) is 10.7 Å². The number of anilines is 1. The first-order valence-corrected chi connectivity index (χ1v) is 7.44. The molecule has 0 bridgehead atoms. The van der Waals surface area contributed by atoms with Crippen molar-refractivity contribution in [2.75, 3.05) is 5.32 Å². The minimum absolute atomic E-state index is 0. The van der Waals surface area contributed by atoms with Crippen LogP contribution in [0, 0.1) is 13.8 Å². The number of phenolic OH excluding ortho intramolecular Hbond substituents is 1. The van der Waals surface area contributed by atoms with E-state index >= 15 is 0 Å². The van der Waals surface area contributed by atoms with E-state index < -0.39 is 0 Å². The summed E-state index contributed by atoms with van der Waals surface area (Å²) in [5.74, 6) is 0.729. The van der Waals surface area contributed by atoms with Crippen molar-refractivity contribution in [3.05, 3.63) is 58.7 Å². The number of nitrogens with zero attached hydrogens (tertiary/aromatic N) is 1. The third-order valence-electron chi connectivity index (χ3n) is 3.59. The van der Waals surface area contributed by atoms with Crippen LogP contribution < -0.4 is 11.1 Å². The summed E-state index contributed by atoms with van der Waals surface area (Å²) >= 11 is 0. The molecule has 2 rings (SSSR count). The number of aliphatic imine (C=N–C) groups is 1. The molecule has 5 heteroatoms. The normalized spacial score (nSPS) is 11.0. The zero-order valence-electron chi connectivity index (χ0n) is 13.8. The number of halogens is 1. The van der Waals surface area contributed by atoms with Crippen molar-refractivity contribution >= 4 is 35.6 Å². The molecule has 2 aromatic rings. The van der Waals surface area contributed by atoms with Gasteiger partial charge < -0.3 is 16.2 Å². The quantitative estimate of drug-likeness (QED) is 0.392. The van der Waals surface area contributed by atoms with Crippen molar-refractivity contribution in [3.63, 3.8) is 0 Å². The number of nitrogens with two attached hydrogens (primary N) is 1. The van der Waals surface area contributed by atoms with Crippen molar-refractivity contribution in [2.45, 2.75) is 33.7 Å². The topological polar surface area (TPSA) is 70.6 Å². The molecule has 0 saturated carbocycles. The predicted molar refractivity (Wildman–Crippen MR) is 108 cm³/mol. The summed E-state index contributed by atoms with van der Waals surface area (Å²) in [4.78, 5) is 4.36. The lowest BCUT2D eigenvalue weighted by Crippen LogP contribution is -2.22. The second kappa shape index (κ2) is 8.76. The van der Waals surface area contributed by atoms with Gasteiger partial charge in [0.25, 0.3) is 0 Å². The van der Waals surface area contributed by atoms with E-state index in [1.807, 2.05) is 38.1 Å². The summed E-state index contributed by atoms with van der Waals surface area (Å²) in [5.41, 5.74) is 10.9. The van der Waals surface area contributed by atoms with Gasteiger partial charge in [-0.2, -0.15) is 0 Å². The summed E-state index contributed by atoms with van der Waals surface area (Å²) in [6.07, 6.45) is 0.985. The summed E-state index contributed by atoms with van der Waals surface area (Å²) < 4.78 is 0. The van der Waals surface area contributed by atoms with Crippen LogP contribution in [0.25, 0.3) is 0 Å². The van der Waals surface area contributed by atoms with Gasteiger partial charge >= 0.3 is 0 Å². The fourth-order valence-electron chi connectivity index (χ4n) is 2.37. The summed E-state index contributed by atoms with van der Waals surface area (Å²) in [6, 6.07) is 12.0. The molecule has 0 radical (unpaired) electrons. The second-order valence-electron chi connectivity index (χ2n) is 5.46. The second-order valence-corrected chi connectivity index (χ2v) is 5.46. The Morgan fingerprint density at radius 3 is 2.39 bits per heavy atom. The van der Waals surface area contributed by atoms with Crippen LogP contribution in [0.1, 0.15) is 29.2 Å². The van der Waals surface area contributed by atoms with Crippen LogP contribution in [0.5, 0.6) is 5.75 Å². The molecule has 0 heterocycles. The molecule has 0 saturated heterocycles. The molecule has 124 valence electrons. The zero-order valence-corrected chi connectivity index (χ0v) is 16.1. The van der Waals surface area contributed by atoms with Gasteiger partial charge in [0, 0.05) is 5.69 Å². The van der Waals surface area contributed by atoms with Crippen LogP contribution in [-0.2, 0) is 13.0 Å². The Bertz CT molecular complexity index is 675. The van der Waals surface area contributed by atoms with Gasteiger partial charge in [0.15, 0.2) is 5.96 Å². The molecule has 0 atom stereocenters. The molecule has 0 unspecified atom stereocenters. The number of hydrogen-bond donors (Lipinski definition) is 3. The lowest BCUT2D eigenvalue weighted by molar-refractivity contribution is 0.466. The summed E-state index contributed by atoms with van der Waals surface area (Å²) in [7, 11) is 0. The predicted octanol–water partition coefficient (Wildman–Crippen LogP) is 4.12. The largest absolute Gasteiger partial charge is 0.507 e. The molecular weight excluding hydrogens is 401 g/mol. The van der Waals surface area contributed by atoms with Crippen molar-refractivity contribution in [3.8, 4) is 5.75 Å². The summed E-state index contributed by atoms with van der Waals surface area (Å²) in [5, 5.41) is 12.9. The van der Waals surface area contributed by atoms with Crippen molar-refractivity contribution in [1.29, 1.82) is 0 Å². The van der Waals surface area contributed by atoms with E-state index in [0.717, 1.165) is 28.8 Å². The lowest BCUT2D eigenvalue weighted by atomic mass is 10.1. The Morgan fingerprint density at radius 1 is 1.13 bits per heavy atom. The standard InChI is InChI=1S/C18H23N3O.HI/c1-4-14-6-5-7-16(10-14)21-18(19)20-11-15-8-12(2)17(22)13(3)9-15;/h5-10,22H,4,11H2,1-3H3,(H3,19,20,21);1H. The van der Waals surface area contributed by atoms with E-state index in [2.05, 4.69) is 29.4 Å². The highest BCUT2D eigenvalue weighted by atomic mass is 127. The highest BCUT2D eigenvalue weighted by Gasteiger charge is 2.03. The molecule has 0 aromatic heterocycles. The Kier molecular flexibility index (Phi) is 7.35. The van der Waals surface area contributed by atoms with Gasteiger partial charge in [0.1, 0.15) is 5.75 Å². The van der Waals surface area contributed by atoms with E-state index in [9.17, 15) is 5.11 Å². The number of phenols is 1. The molecule has 4 nitrogen and oxygen atoms in total. The van der Waals surface area contributed by atoms with Crippen LogP contribution in [-0.4, -0.2) is 11.1 Å². The molecular formula is C18H24IN3O. The number of benzene rings is 2. The fraction of sp³-hybridized carbons (Fsp3) is 0.278. The van der Waals surface area contributed by atoms with Gasteiger partial charge in [-0.15, -0.1) is 24.0 Å². The first-order chi connectivity index (χ1) is 10.5.